The van der Waals surface area contributed by atoms with Crippen LogP contribution in [0.3, 0.4) is 0 Å². The third kappa shape index (κ3) is 4.99. The van der Waals surface area contributed by atoms with Crippen LogP contribution in [0.25, 0.3) is 0 Å². The van der Waals surface area contributed by atoms with Crippen molar-refractivity contribution in [2.24, 2.45) is 5.92 Å². The number of thiophene rings is 1. The summed E-state index contributed by atoms with van der Waals surface area (Å²) in [7, 11) is 2.08. The summed E-state index contributed by atoms with van der Waals surface area (Å²) in [6, 6.07) is 4.75. The van der Waals surface area contributed by atoms with E-state index < -0.39 is 0 Å². The second-order valence-electron chi connectivity index (χ2n) is 4.64. The zero-order valence-electron chi connectivity index (χ0n) is 11.1. The summed E-state index contributed by atoms with van der Waals surface area (Å²) in [5, 5.41) is 3.49. The summed E-state index contributed by atoms with van der Waals surface area (Å²) in [4.78, 5) is 1.39. The quantitative estimate of drug-likeness (QED) is 0.721. The summed E-state index contributed by atoms with van der Waals surface area (Å²) in [6.45, 7) is 4.55. The Kier molecular flexibility index (Phi) is 7.17. The van der Waals surface area contributed by atoms with Crippen LogP contribution in [0.1, 0.15) is 44.4 Å². The maximum absolute atomic E-state index is 5.99. The first-order valence-corrected chi connectivity index (χ1v) is 7.82. The van der Waals surface area contributed by atoms with Crippen molar-refractivity contribution in [1.29, 1.82) is 0 Å². The monoisotopic (exact) mass is 273 g/mol. The number of halogens is 1. The molecule has 0 aliphatic heterocycles. The maximum atomic E-state index is 5.99. The number of rotatable bonds is 8. The summed E-state index contributed by atoms with van der Waals surface area (Å²) in [6.07, 6.45) is 6.29. The molecule has 0 saturated heterocycles. The van der Waals surface area contributed by atoms with Gasteiger partial charge in [-0.3, -0.25) is 0 Å². The molecule has 1 rings (SSSR count). The minimum absolute atomic E-state index is 0.588. The first-order valence-electron chi connectivity index (χ1n) is 6.62. The van der Waals surface area contributed by atoms with E-state index in [0.29, 0.717) is 6.04 Å². The molecule has 0 aliphatic carbocycles. The molecule has 1 N–H and O–H groups in total. The molecule has 17 heavy (non-hydrogen) atoms. The third-order valence-corrected chi connectivity index (χ3v) is 4.56. The molecule has 0 aromatic carbocycles. The van der Waals surface area contributed by atoms with Crippen molar-refractivity contribution >= 4 is 22.9 Å². The predicted molar refractivity (Wildman–Crippen MR) is 79.2 cm³/mol. The van der Waals surface area contributed by atoms with Gasteiger partial charge in [-0.25, -0.2) is 0 Å². The Morgan fingerprint density at radius 1 is 1.24 bits per heavy atom. The Morgan fingerprint density at radius 3 is 2.29 bits per heavy atom. The van der Waals surface area contributed by atoms with Gasteiger partial charge in [-0.05, 0) is 44.4 Å². The first-order chi connectivity index (χ1) is 8.21. The number of hydrogen-bond acceptors (Lipinski definition) is 2. The zero-order valence-corrected chi connectivity index (χ0v) is 12.7. The first kappa shape index (κ1) is 15.0. The fourth-order valence-corrected chi connectivity index (χ4v) is 3.62. The largest absolute Gasteiger partial charge is 0.316 e. The zero-order chi connectivity index (χ0) is 12.7. The van der Waals surface area contributed by atoms with Gasteiger partial charge in [0.05, 0.1) is 4.34 Å². The average Bonchev–Trinajstić information content (AvgIpc) is 2.72. The van der Waals surface area contributed by atoms with Gasteiger partial charge in [-0.15, -0.1) is 11.3 Å². The van der Waals surface area contributed by atoms with Crippen molar-refractivity contribution in [2.75, 3.05) is 7.05 Å². The van der Waals surface area contributed by atoms with E-state index in [2.05, 4.69) is 32.3 Å². The molecule has 1 nitrogen and oxygen atoms in total. The Bertz CT molecular complexity index is 305. The van der Waals surface area contributed by atoms with E-state index in [-0.39, 0.29) is 0 Å². The van der Waals surface area contributed by atoms with Crippen LogP contribution in [0.15, 0.2) is 12.1 Å². The van der Waals surface area contributed by atoms with Gasteiger partial charge in [0.2, 0.25) is 0 Å². The number of likely N-dealkylation sites (N-methyl/N-ethyl adjacent to an activating group) is 1. The highest BCUT2D eigenvalue weighted by molar-refractivity contribution is 7.16. The van der Waals surface area contributed by atoms with E-state index >= 15 is 0 Å². The van der Waals surface area contributed by atoms with Crippen molar-refractivity contribution in [2.45, 2.75) is 52.0 Å². The molecular formula is C14H24ClNS. The van der Waals surface area contributed by atoms with E-state index in [1.165, 1.54) is 30.6 Å². The van der Waals surface area contributed by atoms with Crippen LogP contribution in [0, 0.1) is 5.92 Å². The lowest BCUT2D eigenvalue weighted by atomic mass is 9.88. The summed E-state index contributed by atoms with van der Waals surface area (Å²) >= 11 is 7.70. The van der Waals surface area contributed by atoms with Crippen LogP contribution in [0.5, 0.6) is 0 Å². The number of nitrogens with one attached hydrogen (secondary N) is 1. The van der Waals surface area contributed by atoms with Gasteiger partial charge in [0.15, 0.2) is 0 Å². The molecule has 3 heteroatoms. The maximum Gasteiger partial charge on any atom is 0.0931 e. The predicted octanol–water partition coefficient (Wildman–Crippen LogP) is 4.75. The fourth-order valence-electron chi connectivity index (χ4n) is 2.47. The van der Waals surface area contributed by atoms with Crippen LogP contribution < -0.4 is 5.32 Å². The molecule has 0 fully saturated rings. The van der Waals surface area contributed by atoms with Gasteiger partial charge in [0.25, 0.3) is 0 Å². The van der Waals surface area contributed by atoms with Crippen molar-refractivity contribution in [3.63, 3.8) is 0 Å². The van der Waals surface area contributed by atoms with Crippen molar-refractivity contribution in [1.82, 2.24) is 5.32 Å². The standard InChI is InChI=1S/C14H24ClNS/c1-4-6-11(7-5-2)13(16-3)10-12-8-9-14(15)17-12/h8-9,11,13,16H,4-7,10H2,1-3H3. The highest BCUT2D eigenvalue weighted by atomic mass is 35.5. The molecule has 1 unspecified atom stereocenters. The Balaban J connectivity index is 2.61. The van der Waals surface area contributed by atoms with E-state index in [1.807, 2.05) is 6.07 Å². The molecule has 1 aromatic rings. The highest BCUT2D eigenvalue weighted by Crippen LogP contribution is 2.26. The van der Waals surface area contributed by atoms with E-state index in [4.69, 9.17) is 11.6 Å². The molecule has 1 aromatic heterocycles. The molecule has 0 amide bonds. The van der Waals surface area contributed by atoms with Gasteiger partial charge in [0, 0.05) is 10.9 Å². The van der Waals surface area contributed by atoms with Crippen molar-refractivity contribution < 1.29 is 0 Å². The lowest BCUT2D eigenvalue weighted by molar-refractivity contribution is 0.324. The van der Waals surface area contributed by atoms with E-state index in [1.54, 1.807) is 11.3 Å². The Labute approximate surface area is 115 Å². The second kappa shape index (κ2) is 8.12. The average molecular weight is 274 g/mol. The van der Waals surface area contributed by atoms with Crippen molar-refractivity contribution in [3.8, 4) is 0 Å². The smallest absolute Gasteiger partial charge is 0.0931 e. The van der Waals surface area contributed by atoms with Crippen LogP contribution in [-0.4, -0.2) is 13.1 Å². The van der Waals surface area contributed by atoms with Gasteiger partial charge in [0.1, 0.15) is 0 Å². The topological polar surface area (TPSA) is 12.0 Å². The lowest BCUT2D eigenvalue weighted by Gasteiger charge is -2.26. The second-order valence-corrected chi connectivity index (χ2v) is 6.44. The van der Waals surface area contributed by atoms with Gasteiger partial charge >= 0.3 is 0 Å². The minimum Gasteiger partial charge on any atom is -0.316 e. The molecule has 0 aliphatic rings. The third-order valence-electron chi connectivity index (χ3n) is 3.31. The summed E-state index contributed by atoms with van der Waals surface area (Å²) < 4.78 is 0.900. The Hall–Kier alpha value is -0.0500. The highest BCUT2D eigenvalue weighted by Gasteiger charge is 2.19. The molecular weight excluding hydrogens is 250 g/mol. The fraction of sp³-hybridized carbons (Fsp3) is 0.714. The van der Waals surface area contributed by atoms with Crippen molar-refractivity contribution in [3.05, 3.63) is 21.3 Å². The Morgan fingerprint density at radius 2 is 1.88 bits per heavy atom. The lowest BCUT2D eigenvalue weighted by Crippen LogP contribution is -2.35. The van der Waals surface area contributed by atoms with Crippen LogP contribution in [0.4, 0.5) is 0 Å². The van der Waals surface area contributed by atoms with E-state index in [9.17, 15) is 0 Å². The van der Waals surface area contributed by atoms with Crippen LogP contribution >= 0.6 is 22.9 Å². The van der Waals surface area contributed by atoms with Gasteiger partial charge in [-0.1, -0.05) is 38.3 Å². The molecule has 0 radical (unpaired) electrons. The normalized spacial score (nSPS) is 13.2. The van der Waals surface area contributed by atoms with Crippen LogP contribution in [0.2, 0.25) is 4.34 Å². The molecule has 0 spiro atoms. The molecule has 1 atom stereocenters. The molecule has 1 heterocycles. The minimum atomic E-state index is 0.588. The molecule has 0 saturated carbocycles. The summed E-state index contributed by atoms with van der Waals surface area (Å²) in [5.74, 6) is 0.788. The van der Waals surface area contributed by atoms with Gasteiger partial charge < -0.3 is 5.32 Å². The molecule has 0 bridgehead atoms. The SMILES string of the molecule is CCCC(CCC)C(Cc1ccc(Cl)s1)NC. The van der Waals surface area contributed by atoms with Gasteiger partial charge in [-0.2, -0.15) is 0 Å². The molecule has 98 valence electrons. The van der Waals surface area contributed by atoms with E-state index in [0.717, 1.165) is 16.7 Å². The number of hydrogen-bond donors (Lipinski definition) is 1. The summed E-state index contributed by atoms with van der Waals surface area (Å²) in [5.41, 5.74) is 0. The van der Waals surface area contributed by atoms with Crippen LogP contribution in [-0.2, 0) is 6.42 Å².